The summed E-state index contributed by atoms with van der Waals surface area (Å²) in [6.07, 6.45) is 1.87. The van der Waals surface area contributed by atoms with Crippen molar-refractivity contribution in [1.29, 1.82) is 10.5 Å². The monoisotopic (exact) mass is 428 g/mol. The molecule has 9 nitrogen and oxygen atoms in total. The average molecular weight is 429 g/mol. The highest BCUT2D eigenvalue weighted by Gasteiger charge is 2.25. The lowest BCUT2D eigenvalue weighted by molar-refractivity contribution is 0.294. The Hall–Kier alpha value is -3.95. The summed E-state index contributed by atoms with van der Waals surface area (Å²) in [6, 6.07) is 11.3. The number of aryl methyl sites for hydroxylation is 1. The van der Waals surface area contributed by atoms with Crippen LogP contribution in [0, 0.1) is 22.7 Å². The topological polar surface area (TPSA) is 134 Å². The predicted molar refractivity (Wildman–Crippen MR) is 121 cm³/mol. The Morgan fingerprint density at radius 1 is 1.03 bits per heavy atom. The molecule has 4 rings (SSSR count). The van der Waals surface area contributed by atoms with Crippen molar-refractivity contribution in [2.24, 2.45) is 0 Å². The molecule has 0 fully saturated rings. The fourth-order valence-electron chi connectivity index (χ4n) is 3.87. The van der Waals surface area contributed by atoms with Crippen LogP contribution in [-0.2, 0) is 6.54 Å². The van der Waals surface area contributed by atoms with Crippen molar-refractivity contribution in [2.75, 3.05) is 25.4 Å². The van der Waals surface area contributed by atoms with Crippen LogP contribution in [0.15, 0.2) is 28.7 Å². The molecular weight excluding hydrogens is 404 g/mol. The molecule has 0 unspecified atom stereocenters. The van der Waals surface area contributed by atoms with E-state index in [1.54, 1.807) is 0 Å². The molecule has 0 aliphatic rings. The van der Waals surface area contributed by atoms with Crippen molar-refractivity contribution in [2.45, 2.75) is 33.2 Å². The number of nitrogens with two attached hydrogens (primary N) is 1. The Labute approximate surface area is 185 Å². The Kier molecular flexibility index (Phi) is 6.02. The number of hydrogen-bond acceptors (Lipinski definition) is 8. The van der Waals surface area contributed by atoms with Crippen molar-refractivity contribution >= 4 is 28.1 Å². The van der Waals surface area contributed by atoms with Crippen molar-refractivity contribution < 1.29 is 4.42 Å². The molecule has 0 atom stereocenters. The molecule has 32 heavy (non-hydrogen) atoms. The van der Waals surface area contributed by atoms with Crippen molar-refractivity contribution in [1.82, 2.24) is 24.4 Å². The standard InChI is InChI=1S/C23H24N8O/c1-3-30(4-2)11-7-8-12-31-21(26)19(23-29-15-9-5-6-10-18(15)32-23)20-22(31)28-17(14-25)16(13-24)27-20/h5-6,9-10H,3-4,7-8,11-12,26H2,1-2H3. The first-order valence-electron chi connectivity index (χ1n) is 10.7. The first-order valence-corrected chi connectivity index (χ1v) is 10.7. The number of para-hydroxylation sites is 2. The second-order valence-electron chi connectivity index (χ2n) is 7.45. The van der Waals surface area contributed by atoms with Gasteiger partial charge in [-0.1, -0.05) is 26.0 Å². The van der Waals surface area contributed by atoms with Gasteiger partial charge < -0.3 is 19.6 Å². The van der Waals surface area contributed by atoms with Gasteiger partial charge in [-0.05, 0) is 44.6 Å². The van der Waals surface area contributed by atoms with Gasteiger partial charge in [-0.3, -0.25) is 0 Å². The largest absolute Gasteiger partial charge is 0.436 e. The van der Waals surface area contributed by atoms with Gasteiger partial charge in [0.2, 0.25) is 5.89 Å². The zero-order valence-electron chi connectivity index (χ0n) is 18.2. The number of nitriles is 2. The van der Waals surface area contributed by atoms with Gasteiger partial charge in [-0.2, -0.15) is 10.5 Å². The first kappa shape index (κ1) is 21.3. The highest BCUT2D eigenvalue weighted by Crippen LogP contribution is 2.36. The number of anilines is 1. The molecule has 3 aromatic heterocycles. The van der Waals surface area contributed by atoms with Crippen molar-refractivity contribution in [3.05, 3.63) is 35.7 Å². The fourth-order valence-corrected chi connectivity index (χ4v) is 3.87. The maximum absolute atomic E-state index is 9.45. The fraction of sp³-hybridized carbons (Fsp3) is 0.348. The third-order valence-electron chi connectivity index (χ3n) is 5.64. The van der Waals surface area contributed by atoms with Gasteiger partial charge in [-0.25, -0.2) is 15.0 Å². The van der Waals surface area contributed by atoms with Gasteiger partial charge >= 0.3 is 0 Å². The van der Waals surface area contributed by atoms with Crippen LogP contribution in [0.1, 0.15) is 38.1 Å². The molecule has 0 aliphatic carbocycles. The molecule has 0 amide bonds. The highest BCUT2D eigenvalue weighted by molar-refractivity contribution is 5.97. The van der Waals surface area contributed by atoms with Crippen molar-refractivity contribution in [3.63, 3.8) is 0 Å². The number of nitrogen functional groups attached to an aromatic ring is 1. The van der Waals surface area contributed by atoms with Crippen LogP contribution in [-0.4, -0.2) is 44.1 Å². The lowest BCUT2D eigenvalue weighted by Gasteiger charge is -2.17. The molecule has 0 bridgehead atoms. The number of nitrogens with zero attached hydrogens (tertiary/aromatic N) is 7. The van der Waals surface area contributed by atoms with E-state index in [-0.39, 0.29) is 11.4 Å². The number of aromatic nitrogens is 4. The molecule has 2 N–H and O–H groups in total. The quantitative estimate of drug-likeness (QED) is 0.420. The van der Waals surface area contributed by atoms with Gasteiger partial charge in [0.25, 0.3) is 0 Å². The first-order chi connectivity index (χ1) is 15.6. The van der Waals surface area contributed by atoms with Crippen LogP contribution in [0.5, 0.6) is 0 Å². The summed E-state index contributed by atoms with van der Waals surface area (Å²) in [4.78, 5) is 15.8. The van der Waals surface area contributed by atoms with Crippen LogP contribution >= 0.6 is 0 Å². The molecule has 162 valence electrons. The SMILES string of the molecule is CCN(CC)CCCCn1c(N)c(-c2nc3ccccc3o2)c2nc(C#N)c(C#N)nc21. The summed E-state index contributed by atoms with van der Waals surface area (Å²) in [5.74, 6) is 0.729. The molecule has 0 spiro atoms. The Morgan fingerprint density at radius 3 is 2.44 bits per heavy atom. The molecule has 1 aromatic carbocycles. The number of fused-ring (bicyclic) bond motifs is 2. The van der Waals surface area contributed by atoms with Gasteiger partial charge in [0, 0.05) is 6.54 Å². The average Bonchev–Trinajstić information content (AvgIpc) is 3.35. The van der Waals surface area contributed by atoms with E-state index in [0.29, 0.717) is 46.1 Å². The molecular formula is C23H24N8O. The molecule has 0 aliphatic heterocycles. The van der Waals surface area contributed by atoms with Crippen molar-refractivity contribution in [3.8, 4) is 23.6 Å². The zero-order valence-corrected chi connectivity index (χ0v) is 18.2. The van der Waals surface area contributed by atoms with E-state index in [9.17, 15) is 10.5 Å². The van der Waals surface area contributed by atoms with Crippen LogP contribution in [0.2, 0.25) is 0 Å². The minimum absolute atomic E-state index is 0.0222. The van der Waals surface area contributed by atoms with E-state index in [2.05, 4.69) is 33.7 Å². The summed E-state index contributed by atoms with van der Waals surface area (Å²) in [6.45, 7) is 7.94. The van der Waals surface area contributed by atoms with Crippen LogP contribution < -0.4 is 5.73 Å². The Bertz CT molecular complexity index is 1320. The zero-order chi connectivity index (χ0) is 22.7. The van der Waals surface area contributed by atoms with E-state index in [1.165, 1.54) is 0 Å². The number of unbranched alkanes of at least 4 members (excludes halogenated alkanes) is 1. The van der Waals surface area contributed by atoms with Gasteiger partial charge in [0.1, 0.15) is 34.6 Å². The van der Waals surface area contributed by atoms with Gasteiger partial charge in [0.05, 0.1) is 0 Å². The second kappa shape index (κ2) is 9.04. The number of hydrogen-bond donors (Lipinski definition) is 1. The molecule has 4 aromatic rings. The second-order valence-corrected chi connectivity index (χ2v) is 7.45. The Balaban J connectivity index is 1.80. The van der Waals surface area contributed by atoms with E-state index < -0.39 is 0 Å². The lowest BCUT2D eigenvalue weighted by Crippen LogP contribution is -2.24. The molecule has 0 radical (unpaired) electrons. The molecule has 9 heteroatoms. The maximum Gasteiger partial charge on any atom is 0.233 e. The summed E-state index contributed by atoms with van der Waals surface area (Å²) in [5.41, 5.74) is 9.17. The number of oxazole rings is 1. The summed E-state index contributed by atoms with van der Waals surface area (Å²) >= 11 is 0. The number of rotatable bonds is 8. The van der Waals surface area contributed by atoms with Crippen LogP contribution in [0.4, 0.5) is 5.82 Å². The summed E-state index contributed by atoms with van der Waals surface area (Å²) < 4.78 is 7.79. The van der Waals surface area contributed by atoms with Crippen LogP contribution in [0.3, 0.4) is 0 Å². The van der Waals surface area contributed by atoms with E-state index in [4.69, 9.17) is 10.2 Å². The Morgan fingerprint density at radius 2 is 1.75 bits per heavy atom. The summed E-state index contributed by atoms with van der Waals surface area (Å²) in [7, 11) is 0. The molecule has 0 saturated heterocycles. The van der Waals surface area contributed by atoms with E-state index in [1.807, 2.05) is 41.0 Å². The smallest absolute Gasteiger partial charge is 0.233 e. The third kappa shape index (κ3) is 3.75. The number of benzene rings is 1. The van der Waals surface area contributed by atoms with E-state index in [0.717, 1.165) is 32.5 Å². The third-order valence-corrected chi connectivity index (χ3v) is 5.64. The normalized spacial score (nSPS) is 11.3. The summed E-state index contributed by atoms with van der Waals surface area (Å²) in [5, 5.41) is 18.9. The van der Waals surface area contributed by atoms with Gasteiger partial charge in [-0.15, -0.1) is 0 Å². The van der Waals surface area contributed by atoms with Gasteiger partial charge in [0.15, 0.2) is 22.6 Å². The minimum atomic E-state index is -0.0453. The van der Waals surface area contributed by atoms with E-state index >= 15 is 0 Å². The maximum atomic E-state index is 9.45. The van der Waals surface area contributed by atoms with Crippen LogP contribution in [0.25, 0.3) is 33.7 Å². The lowest BCUT2D eigenvalue weighted by atomic mass is 10.2. The highest BCUT2D eigenvalue weighted by atomic mass is 16.3. The minimum Gasteiger partial charge on any atom is -0.436 e. The predicted octanol–water partition coefficient (Wildman–Crippen LogP) is 3.69. The molecule has 0 saturated carbocycles. The molecule has 3 heterocycles.